The molecule has 1 fully saturated rings. The number of hydrogen-bond donors (Lipinski definition) is 2. The average Bonchev–Trinajstić information content (AvgIpc) is 3.46. The van der Waals surface area contributed by atoms with Gasteiger partial charge in [0, 0.05) is 38.6 Å². The van der Waals surface area contributed by atoms with Crippen LogP contribution in [0.25, 0.3) is 0 Å². The van der Waals surface area contributed by atoms with Crippen molar-refractivity contribution in [1.82, 2.24) is 9.97 Å². The number of ether oxygens (including phenoxy) is 1. The summed E-state index contributed by atoms with van der Waals surface area (Å²) in [6.07, 6.45) is 8.01. The van der Waals surface area contributed by atoms with Gasteiger partial charge in [0.05, 0.1) is 29.8 Å². The number of carbonyl (C=O) groups is 1. The summed E-state index contributed by atoms with van der Waals surface area (Å²) in [7, 11) is 1.72. The zero-order valence-electron chi connectivity index (χ0n) is 16.5. The quantitative estimate of drug-likeness (QED) is 0.660. The number of carbonyl (C=O) groups excluding carboxylic acids is 1. The van der Waals surface area contributed by atoms with E-state index in [4.69, 9.17) is 4.74 Å². The molecule has 2 aliphatic heterocycles. The summed E-state index contributed by atoms with van der Waals surface area (Å²) in [5.41, 5.74) is 2.98. The molecule has 2 unspecified atom stereocenters. The smallest absolute Gasteiger partial charge is 0.178 e. The Morgan fingerprint density at radius 3 is 2.93 bits per heavy atom. The van der Waals surface area contributed by atoms with Crippen LogP contribution in [-0.4, -0.2) is 54.9 Å². The van der Waals surface area contributed by atoms with Crippen LogP contribution in [0.2, 0.25) is 0 Å². The molecular weight excluding hydrogens is 368 g/mol. The first-order valence-electron chi connectivity index (χ1n) is 10.2. The van der Waals surface area contributed by atoms with E-state index in [2.05, 4.69) is 36.5 Å². The van der Waals surface area contributed by atoms with Crippen molar-refractivity contribution in [3.05, 3.63) is 36.8 Å². The fourth-order valence-electron chi connectivity index (χ4n) is 4.25. The third-order valence-corrected chi connectivity index (χ3v) is 5.83. The molecule has 1 aliphatic carbocycles. The van der Waals surface area contributed by atoms with E-state index in [9.17, 15) is 4.79 Å². The molecule has 2 N–H and O–H groups in total. The van der Waals surface area contributed by atoms with Crippen LogP contribution in [0.1, 0.15) is 19.3 Å². The van der Waals surface area contributed by atoms with Gasteiger partial charge in [0.25, 0.3) is 0 Å². The summed E-state index contributed by atoms with van der Waals surface area (Å²) in [5, 5.41) is 7.00. The Balaban J connectivity index is 1.41. The number of hydrogen-bond acceptors (Lipinski definition) is 8. The number of anilines is 4. The molecule has 0 amide bonds. The number of nitrogens with zero attached hydrogens (tertiary/aromatic N) is 4. The summed E-state index contributed by atoms with van der Waals surface area (Å²) in [6, 6.07) is 5.98. The van der Waals surface area contributed by atoms with Gasteiger partial charge in [0.15, 0.2) is 17.8 Å². The first kappa shape index (κ1) is 18.2. The highest BCUT2D eigenvalue weighted by Gasteiger charge is 2.43. The Morgan fingerprint density at radius 2 is 2.10 bits per heavy atom. The fraction of sp³-hybridized carbons (Fsp3) is 0.476. The van der Waals surface area contributed by atoms with Crippen LogP contribution < -0.4 is 20.4 Å². The molecule has 8 nitrogen and oxygen atoms in total. The molecule has 4 heterocycles. The van der Waals surface area contributed by atoms with Gasteiger partial charge in [-0.1, -0.05) is 0 Å². The van der Waals surface area contributed by atoms with Crippen LogP contribution in [0.4, 0.5) is 22.9 Å². The van der Waals surface area contributed by atoms with Crippen molar-refractivity contribution in [2.75, 3.05) is 47.2 Å². The van der Waals surface area contributed by atoms with E-state index >= 15 is 0 Å². The summed E-state index contributed by atoms with van der Waals surface area (Å²) in [4.78, 5) is 26.3. The standard InChI is InChI=1S/C21H26N6O2/c1-29-11-3-10-26-18(24-15-4-2-8-23-20(15)26)13-27-17-7-9-22-12-16(17)25-21(27)19(28)14-5-6-14/h2,4,7-9,12,14,18,21,24-25H,3,5-6,10-11,13H2,1H3. The van der Waals surface area contributed by atoms with Gasteiger partial charge in [0.2, 0.25) is 0 Å². The summed E-state index contributed by atoms with van der Waals surface area (Å²) < 4.78 is 5.25. The minimum absolute atomic E-state index is 0.0205. The largest absolute Gasteiger partial charge is 0.385 e. The topological polar surface area (TPSA) is 82.6 Å². The minimum atomic E-state index is -0.332. The highest BCUT2D eigenvalue weighted by molar-refractivity contribution is 5.97. The fourth-order valence-corrected chi connectivity index (χ4v) is 4.25. The first-order valence-corrected chi connectivity index (χ1v) is 10.2. The van der Waals surface area contributed by atoms with E-state index in [-0.39, 0.29) is 24.0 Å². The number of pyridine rings is 2. The van der Waals surface area contributed by atoms with E-state index in [1.165, 1.54) is 0 Å². The lowest BCUT2D eigenvalue weighted by Crippen LogP contribution is -2.52. The van der Waals surface area contributed by atoms with Gasteiger partial charge in [0.1, 0.15) is 6.17 Å². The monoisotopic (exact) mass is 394 g/mol. The lowest BCUT2D eigenvalue weighted by atomic mass is 10.2. The maximum Gasteiger partial charge on any atom is 0.178 e. The molecule has 0 bridgehead atoms. The van der Waals surface area contributed by atoms with Crippen molar-refractivity contribution < 1.29 is 9.53 Å². The average molecular weight is 394 g/mol. The Bertz CT molecular complexity index is 902. The lowest BCUT2D eigenvalue weighted by Gasteiger charge is -2.33. The van der Waals surface area contributed by atoms with Crippen molar-refractivity contribution in [3.8, 4) is 0 Å². The number of aromatic nitrogens is 2. The summed E-state index contributed by atoms with van der Waals surface area (Å²) in [5.74, 6) is 1.42. The Morgan fingerprint density at radius 1 is 1.21 bits per heavy atom. The highest BCUT2D eigenvalue weighted by Crippen LogP contribution is 2.40. The molecule has 0 aromatic carbocycles. The predicted molar refractivity (Wildman–Crippen MR) is 112 cm³/mol. The number of Topliss-reactive ketones (excluding diaryl/α,β-unsaturated/α-hetero) is 1. The van der Waals surface area contributed by atoms with Gasteiger partial charge in [-0.3, -0.25) is 9.78 Å². The van der Waals surface area contributed by atoms with Crippen molar-refractivity contribution >= 4 is 28.7 Å². The van der Waals surface area contributed by atoms with Gasteiger partial charge in [-0.25, -0.2) is 4.98 Å². The molecule has 0 saturated heterocycles. The normalized spacial score (nSPS) is 22.1. The molecule has 2 aromatic heterocycles. The van der Waals surface area contributed by atoms with Crippen LogP contribution in [0.15, 0.2) is 36.8 Å². The van der Waals surface area contributed by atoms with Crippen molar-refractivity contribution in [2.24, 2.45) is 5.92 Å². The van der Waals surface area contributed by atoms with Gasteiger partial charge in [-0.15, -0.1) is 0 Å². The van der Waals surface area contributed by atoms with E-state index in [1.54, 1.807) is 19.5 Å². The molecule has 152 valence electrons. The van der Waals surface area contributed by atoms with E-state index in [0.717, 1.165) is 48.7 Å². The number of rotatable bonds is 8. The Kier molecular flexibility index (Phi) is 4.71. The van der Waals surface area contributed by atoms with Crippen LogP contribution in [0.5, 0.6) is 0 Å². The second kappa shape index (κ2) is 7.51. The Hall–Kier alpha value is -2.87. The number of nitrogens with one attached hydrogen (secondary N) is 2. The molecule has 5 rings (SSSR count). The minimum Gasteiger partial charge on any atom is -0.385 e. The SMILES string of the molecule is COCCCN1c2ncccc2NC1CN1c2ccncc2NC1C(=O)C1CC1. The number of methoxy groups -OCH3 is 1. The van der Waals surface area contributed by atoms with Crippen LogP contribution in [0, 0.1) is 5.92 Å². The van der Waals surface area contributed by atoms with Crippen LogP contribution in [0.3, 0.4) is 0 Å². The summed E-state index contributed by atoms with van der Waals surface area (Å²) in [6.45, 7) is 2.20. The number of fused-ring (bicyclic) bond motifs is 2. The third kappa shape index (κ3) is 3.37. The van der Waals surface area contributed by atoms with E-state index in [1.807, 2.05) is 18.3 Å². The molecule has 1 saturated carbocycles. The molecule has 3 aliphatic rings. The molecule has 0 spiro atoms. The second-order valence-electron chi connectivity index (χ2n) is 7.84. The first-order chi connectivity index (χ1) is 14.3. The Labute approximate surface area is 170 Å². The lowest BCUT2D eigenvalue weighted by molar-refractivity contribution is -0.120. The van der Waals surface area contributed by atoms with Crippen molar-refractivity contribution in [2.45, 2.75) is 31.6 Å². The van der Waals surface area contributed by atoms with E-state index in [0.29, 0.717) is 13.2 Å². The van der Waals surface area contributed by atoms with Crippen molar-refractivity contribution in [1.29, 1.82) is 0 Å². The third-order valence-electron chi connectivity index (χ3n) is 5.83. The van der Waals surface area contributed by atoms with Crippen molar-refractivity contribution in [3.63, 3.8) is 0 Å². The van der Waals surface area contributed by atoms with Gasteiger partial charge in [-0.2, -0.15) is 0 Å². The van der Waals surface area contributed by atoms with Crippen LogP contribution >= 0.6 is 0 Å². The molecule has 29 heavy (non-hydrogen) atoms. The zero-order valence-corrected chi connectivity index (χ0v) is 16.5. The maximum atomic E-state index is 13.0. The number of ketones is 1. The van der Waals surface area contributed by atoms with E-state index < -0.39 is 0 Å². The molecule has 8 heteroatoms. The summed E-state index contributed by atoms with van der Waals surface area (Å²) >= 11 is 0. The highest BCUT2D eigenvalue weighted by atomic mass is 16.5. The van der Waals surface area contributed by atoms with Crippen LogP contribution in [-0.2, 0) is 9.53 Å². The van der Waals surface area contributed by atoms with Gasteiger partial charge >= 0.3 is 0 Å². The molecular formula is C21H26N6O2. The maximum absolute atomic E-state index is 13.0. The second-order valence-corrected chi connectivity index (χ2v) is 7.84. The van der Waals surface area contributed by atoms with Gasteiger partial charge < -0.3 is 25.2 Å². The molecule has 2 atom stereocenters. The zero-order chi connectivity index (χ0) is 19.8. The molecule has 2 aromatic rings. The van der Waals surface area contributed by atoms with Gasteiger partial charge in [-0.05, 0) is 37.5 Å². The predicted octanol–water partition coefficient (Wildman–Crippen LogP) is 2.31. The molecule has 0 radical (unpaired) electrons.